The molecule has 0 aliphatic rings. The number of aliphatic hydroxyl groups is 1. The highest BCUT2D eigenvalue weighted by atomic mass is 19.1. The Balaban J connectivity index is 1.65. The number of carbonyl (C=O) groups is 2. The Morgan fingerprint density at radius 2 is 2.04 bits per heavy atom. The normalized spacial score (nSPS) is 10.4. The highest BCUT2D eigenvalue weighted by molar-refractivity contribution is 5.91. The van der Waals surface area contributed by atoms with Gasteiger partial charge in [0.1, 0.15) is 5.82 Å². The summed E-state index contributed by atoms with van der Waals surface area (Å²) in [6, 6.07) is 7.51. The average Bonchev–Trinajstić information content (AvgIpc) is 3.12. The number of halogens is 1. The number of benzene rings is 1. The molecule has 0 unspecified atom stereocenters. The smallest absolute Gasteiger partial charge is 0.286 e. The number of aliphatic hydroxyl groups excluding tert-OH is 1. The van der Waals surface area contributed by atoms with Gasteiger partial charge in [-0.15, -0.1) is 0 Å². The van der Waals surface area contributed by atoms with E-state index in [4.69, 9.17) is 9.52 Å². The first-order valence-electron chi connectivity index (χ1n) is 7.56. The van der Waals surface area contributed by atoms with E-state index in [1.165, 1.54) is 18.4 Å². The molecule has 0 radical (unpaired) electrons. The predicted molar refractivity (Wildman–Crippen MR) is 84.4 cm³/mol. The molecule has 6 nitrogen and oxygen atoms in total. The zero-order chi connectivity index (χ0) is 17.4. The number of hydrogen-bond acceptors (Lipinski definition) is 4. The summed E-state index contributed by atoms with van der Waals surface area (Å²) in [6.45, 7) is 0.228. The van der Waals surface area contributed by atoms with Crippen LogP contribution in [0.2, 0.25) is 0 Å². The zero-order valence-electron chi connectivity index (χ0n) is 13.0. The van der Waals surface area contributed by atoms with Gasteiger partial charge in [0, 0.05) is 25.1 Å². The minimum atomic E-state index is -0.472. The molecule has 7 heteroatoms. The van der Waals surface area contributed by atoms with Crippen LogP contribution in [-0.2, 0) is 17.9 Å². The molecule has 0 atom stereocenters. The van der Waals surface area contributed by atoms with Crippen molar-refractivity contribution in [2.24, 2.45) is 0 Å². The molecule has 1 heterocycles. The number of furan rings is 1. The van der Waals surface area contributed by atoms with E-state index < -0.39 is 5.82 Å². The Kier molecular flexibility index (Phi) is 6.51. The van der Waals surface area contributed by atoms with Gasteiger partial charge in [-0.25, -0.2) is 4.39 Å². The SMILES string of the molecule is O=C(CCCNC(=O)c1ccco1)NCc1ccc(F)c(CO)c1. The second kappa shape index (κ2) is 8.83. The van der Waals surface area contributed by atoms with Crippen molar-refractivity contribution in [2.75, 3.05) is 6.54 Å². The van der Waals surface area contributed by atoms with E-state index in [-0.39, 0.29) is 42.7 Å². The van der Waals surface area contributed by atoms with Gasteiger partial charge in [-0.1, -0.05) is 6.07 Å². The van der Waals surface area contributed by atoms with E-state index in [9.17, 15) is 14.0 Å². The quantitative estimate of drug-likeness (QED) is 0.641. The van der Waals surface area contributed by atoms with Crippen LogP contribution in [0, 0.1) is 5.82 Å². The molecule has 24 heavy (non-hydrogen) atoms. The van der Waals surface area contributed by atoms with Crippen molar-refractivity contribution in [2.45, 2.75) is 26.0 Å². The minimum Gasteiger partial charge on any atom is -0.459 e. The number of amides is 2. The van der Waals surface area contributed by atoms with Crippen LogP contribution in [0.25, 0.3) is 0 Å². The van der Waals surface area contributed by atoms with Crippen LogP contribution in [0.4, 0.5) is 4.39 Å². The van der Waals surface area contributed by atoms with E-state index >= 15 is 0 Å². The Morgan fingerprint density at radius 1 is 1.21 bits per heavy atom. The Bertz CT molecular complexity index is 686. The number of rotatable bonds is 8. The molecule has 3 N–H and O–H groups in total. The highest BCUT2D eigenvalue weighted by Gasteiger charge is 2.08. The first kappa shape index (κ1) is 17.7. The van der Waals surface area contributed by atoms with Crippen LogP contribution >= 0.6 is 0 Å². The number of hydrogen-bond donors (Lipinski definition) is 3. The first-order valence-corrected chi connectivity index (χ1v) is 7.56. The van der Waals surface area contributed by atoms with E-state index in [0.29, 0.717) is 18.5 Å². The molecular formula is C17H19FN2O4. The summed E-state index contributed by atoms with van der Waals surface area (Å²) < 4.78 is 18.2. The fraction of sp³-hybridized carbons (Fsp3) is 0.294. The lowest BCUT2D eigenvalue weighted by Crippen LogP contribution is -2.27. The summed E-state index contributed by atoms with van der Waals surface area (Å²) in [5, 5.41) is 14.4. The Morgan fingerprint density at radius 3 is 2.75 bits per heavy atom. The second-order valence-corrected chi connectivity index (χ2v) is 5.20. The van der Waals surface area contributed by atoms with Gasteiger partial charge in [0.15, 0.2) is 5.76 Å². The van der Waals surface area contributed by atoms with E-state index in [0.717, 1.165) is 0 Å². The van der Waals surface area contributed by atoms with Crippen LogP contribution < -0.4 is 10.6 Å². The van der Waals surface area contributed by atoms with Crippen LogP contribution in [0.1, 0.15) is 34.5 Å². The lowest BCUT2D eigenvalue weighted by Gasteiger charge is -2.08. The molecule has 1 aromatic carbocycles. The maximum Gasteiger partial charge on any atom is 0.286 e. The van der Waals surface area contributed by atoms with E-state index in [1.54, 1.807) is 18.2 Å². The molecule has 0 saturated heterocycles. The fourth-order valence-electron chi connectivity index (χ4n) is 2.09. The Hall–Kier alpha value is -2.67. The topological polar surface area (TPSA) is 91.6 Å². The Labute approximate surface area is 138 Å². The molecule has 0 aliphatic heterocycles. The lowest BCUT2D eigenvalue weighted by molar-refractivity contribution is -0.121. The second-order valence-electron chi connectivity index (χ2n) is 5.20. The van der Waals surface area contributed by atoms with Crippen LogP contribution in [0.15, 0.2) is 41.0 Å². The molecule has 2 aromatic rings. The monoisotopic (exact) mass is 334 g/mol. The predicted octanol–water partition coefficient (Wildman–Crippen LogP) is 1.74. The number of nitrogens with one attached hydrogen (secondary N) is 2. The molecule has 128 valence electrons. The van der Waals surface area contributed by atoms with Crippen molar-refractivity contribution in [3.8, 4) is 0 Å². The summed E-state index contributed by atoms with van der Waals surface area (Å²) >= 11 is 0. The lowest BCUT2D eigenvalue weighted by atomic mass is 10.1. The highest BCUT2D eigenvalue weighted by Crippen LogP contribution is 2.10. The fourth-order valence-corrected chi connectivity index (χ4v) is 2.09. The summed E-state index contributed by atoms with van der Waals surface area (Å²) in [6.07, 6.45) is 2.16. The van der Waals surface area contributed by atoms with Crippen molar-refractivity contribution in [1.82, 2.24) is 10.6 Å². The van der Waals surface area contributed by atoms with Crippen LogP contribution in [0.5, 0.6) is 0 Å². The molecular weight excluding hydrogens is 315 g/mol. The van der Waals surface area contributed by atoms with Crippen molar-refractivity contribution in [3.05, 3.63) is 59.3 Å². The summed E-state index contributed by atoms with van der Waals surface area (Å²) in [7, 11) is 0. The molecule has 0 aliphatic carbocycles. The largest absolute Gasteiger partial charge is 0.459 e. The van der Waals surface area contributed by atoms with E-state index in [1.807, 2.05) is 0 Å². The maximum absolute atomic E-state index is 13.3. The van der Waals surface area contributed by atoms with E-state index in [2.05, 4.69) is 10.6 Å². The standard InChI is InChI=1S/C17H19FN2O4/c18-14-6-5-12(9-13(14)11-21)10-20-16(22)4-1-7-19-17(23)15-3-2-8-24-15/h2-3,5-6,8-9,21H,1,4,7,10-11H2,(H,19,23)(H,20,22). The van der Waals surface area contributed by atoms with Crippen LogP contribution in [0.3, 0.4) is 0 Å². The van der Waals surface area contributed by atoms with Crippen molar-refractivity contribution in [1.29, 1.82) is 0 Å². The molecule has 1 aromatic heterocycles. The number of carbonyl (C=O) groups excluding carboxylic acids is 2. The van der Waals surface area contributed by atoms with Gasteiger partial charge in [0.25, 0.3) is 5.91 Å². The maximum atomic E-state index is 13.3. The van der Waals surface area contributed by atoms with Gasteiger partial charge >= 0.3 is 0 Å². The van der Waals surface area contributed by atoms with Gasteiger partial charge in [0.2, 0.25) is 5.91 Å². The summed E-state index contributed by atoms with van der Waals surface area (Å²) in [4.78, 5) is 23.3. The van der Waals surface area contributed by atoms with Gasteiger partial charge in [0.05, 0.1) is 12.9 Å². The average molecular weight is 334 g/mol. The third-order valence-corrected chi connectivity index (χ3v) is 3.38. The molecule has 2 rings (SSSR count). The van der Waals surface area contributed by atoms with Crippen molar-refractivity contribution in [3.63, 3.8) is 0 Å². The van der Waals surface area contributed by atoms with Gasteiger partial charge < -0.3 is 20.2 Å². The molecule has 0 bridgehead atoms. The summed E-state index contributed by atoms with van der Waals surface area (Å²) in [5.74, 6) is -0.726. The third-order valence-electron chi connectivity index (χ3n) is 3.38. The van der Waals surface area contributed by atoms with Gasteiger partial charge in [-0.2, -0.15) is 0 Å². The minimum absolute atomic E-state index is 0.169. The molecule has 0 fully saturated rings. The van der Waals surface area contributed by atoms with Crippen molar-refractivity contribution >= 4 is 11.8 Å². The molecule has 2 amide bonds. The van der Waals surface area contributed by atoms with Gasteiger partial charge in [-0.3, -0.25) is 9.59 Å². The van der Waals surface area contributed by atoms with Gasteiger partial charge in [-0.05, 0) is 36.2 Å². The molecule has 0 spiro atoms. The zero-order valence-corrected chi connectivity index (χ0v) is 13.0. The third kappa shape index (κ3) is 5.20. The van der Waals surface area contributed by atoms with Crippen molar-refractivity contribution < 1.29 is 23.5 Å². The summed E-state index contributed by atoms with van der Waals surface area (Å²) in [5.41, 5.74) is 0.905. The first-order chi connectivity index (χ1) is 11.6. The van der Waals surface area contributed by atoms with Crippen LogP contribution in [-0.4, -0.2) is 23.5 Å². The molecule has 0 saturated carbocycles.